The summed E-state index contributed by atoms with van der Waals surface area (Å²) in [6.45, 7) is 0. The summed E-state index contributed by atoms with van der Waals surface area (Å²) in [4.78, 5) is 3.52. The Labute approximate surface area is 143 Å². The van der Waals surface area contributed by atoms with Crippen molar-refractivity contribution in [3.05, 3.63) is 46.6 Å². The van der Waals surface area contributed by atoms with Gasteiger partial charge >= 0.3 is 6.18 Å². The Morgan fingerprint density at radius 2 is 1.83 bits per heavy atom. The van der Waals surface area contributed by atoms with E-state index in [2.05, 4.69) is 19.0 Å². The van der Waals surface area contributed by atoms with Gasteiger partial charge in [-0.15, -0.1) is 15.7 Å². The van der Waals surface area contributed by atoms with Crippen molar-refractivity contribution in [2.75, 3.05) is 5.32 Å². The Morgan fingerprint density at radius 1 is 1.08 bits per heavy atom. The third kappa shape index (κ3) is 4.01. The number of benzene rings is 1. The fraction of sp³-hybridized carbons (Fsp3) is 0.214. The number of nitrogens with zero attached hydrogens (tertiary/aromatic N) is 3. The molecular formula is C14H11F3N4OS2. The number of thiazole rings is 1. The summed E-state index contributed by atoms with van der Waals surface area (Å²) in [7, 11) is 0. The Morgan fingerprint density at radius 3 is 2.42 bits per heavy atom. The zero-order valence-electron chi connectivity index (χ0n) is 12.0. The van der Waals surface area contributed by atoms with Crippen molar-refractivity contribution in [3.63, 3.8) is 0 Å². The molecule has 2 N–H and O–H groups in total. The molecule has 2 heterocycles. The summed E-state index contributed by atoms with van der Waals surface area (Å²) in [6, 6.07) is 7.25. The summed E-state index contributed by atoms with van der Waals surface area (Å²) in [5.41, 5.74) is 1.33. The first kappa shape index (κ1) is 16.7. The van der Waals surface area contributed by atoms with Crippen LogP contribution < -0.4 is 5.32 Å². The molecule has 0 saturated heterocycles. The van der Waals surface area contributed by atoms with Gasteiger partial charge in [0.15, 0.2) is 10.8 Å². The molecule has 0 bridgehead atoms. The average molecular weight is 372 g/mol. The van der Waals surface area contributed by atoms with Crippen LogP contribution in [0.5, 0.6) is 5.88 Å². The summed E-state index contributed by atoms with van der Waals surface area (Å²) < 4.78 is 45.2. The van der Waals surface area contributed by atoms with Gasteiger partial charge in [0.05, 0.1) is 11.7 Å². The molecule has 3 aromatic rings. The molecule has 1 aromatic carbocycles. The molecule has 3 rings (SSSR count). The first-order chi connectivity index (χ1) is 11.4. The van der Waals surface area contributed by atoms with Gasteiger partial charge in [-0.1, -0.05) is 12.1 Å². The normalized spacial score (nSPS) is 11.6. The lowest BCUT2D eigenvalue weighted by molar-refractivity contribution is -0.140. The Hall–Kier alpha value is -2.20. The van der Waals surface area contributed by atoms with Crippen LogP contribution >= 0.6 is 23.1 Å². The molecule has 0 fully saturated rings. The first-order valence-corrected chi connectivity index (χ1v) is 8.42. The van der Waals surface area contributed by atoms with Gasteiger partial charge in [0, 0.05) is 17.5 Å². The topological polar surface area (TPSA) is 70.9 Å². The van der Waals surface area contributed by atoms with Gasteiger partial charge in [0.2, 0.25) is 5.88 Å². The lowest BCUT2D eigenvalue weighted by Gasteiger charge is -2.05. The van der Waals surface area contributed by atoms with Gasteiger partial charge in [-0.25, -0.2) is 4.98 Å². The molecule has 0 saturated carbocycles. The maximum absolute atomic E-state index is 12.5. The second-order valence-electron chi connectivity index (χ2n) is 4.89. The Balaban J connectivity index is 1.60. The minimum Gasteiger partial charge on any atom is -0.491 e. The summed E-state index contributed by atoms with van der Waals surface area (Å²) in [6.07, 6.45) is -3.19. The van der Waals surface area contributed by atoms with Gasteiger partial charge in [0.1, 0.15) is 5.69 Å². The lowest BCUT2D eigenvalue weighted by atomic mass is 10.1. The van der Waals surface area contributed by atoms with Crippen molar-refractivity contribution in [2.45, 2.75) is 19.0 Å². The van der Waals surface area contributed by atoms with Gasteiger partial charge in [-0.3, -0.25) is 0 Å². The third-order valence-corrected chi connectivity index (χ3v) is 4.50. The van der Waals surface area contributed by atoms with E-state index in [1.807, 2.05) is 12.1 Å². The molecule has 2 aromatic heterocycles. The molecule has 24 heavy (non-hydrogen) atoms. The van der Waals surface area contributed by atoms with Crippen molar-refractivity contribution in [1.29, 1.82) is 0 Å². The van der Waals surface area contributed by atoms with Crippen LogP contribution in [-0.2, 0) is 19.0 Å². The highest BCUT2D eigenvalue weighted by Crippen LogP contribution is 2.32. The zero-order chi connectivity index (χ0) is 17.2. The Bertz CT molecular complexity index is 814. The number of rotatable bonds is 5. The number of aromatic nitrogens is 3. The molecule has 0 atom stereocenters. The second kappa shape index (κ2) is 6.73. The Kier molecular flexibility index (Phi) is 4.67. The largest absolute Gasteiger partial charge is 0.491 e. The third-order valence-electron chi connectivity index (χ3n) is 3.19. The van der Waals surface area contributed by atoms with Crippen LogP contribution in [-0.4, -0.2) is 18.8 Å². The lowest BCUT2D eigenvalue weighted by Crippen LogP contribution is -2.05. The maximum Gasteiger partial charge on any atom is 0.434 e. The highest BCUT2D eigenvalue weighted by molar-refractivity contribution is 7.13. The molecule has 5 nitrogen and oxygen atoms in total. The SMILES string of the molecule is Oc1nsnc1CCc1ccc(Nc2nc(C(F)(F)F)cs2)cc1. The predicted octanol–water partition coefficient (Wildman–Crippen LogP) is 4.25. The van der Waals surface area contributed by atoms with E-state index in [9.17, 15) is 18.3 Å². The van der Waals surface area contributed by atoms with Crippen molar-refractivity contribution < 1.29 is 18.3 Å². The van der Waals surface area contributed by atoms with E-state index in [0.717, 1.165) is 34.0 Å². The van der Waals surface area contributed by atoms with E-state index in [1.165, 1.54) is 0 Å². The monoisotopic (exact) mass is 372 g/mol. The van der Waals surface area contributed by atoms with Crippen LogP contribution in [0.2, 0.25) is 0 Å². The van der Waals surface area contributed by atoms with Crippen molar-refractivity contribution in [2.24, 2.45) is 0 Å². The molecule has 0 aliphatic heterocycles. The average Bonchev–Trinajstić information content (AvgIpc) is 3.15. The van der Waals surface area contributed by atoms with E-state index < -0.39 is 11.9 Å². The van der Waals surface area contributed by atoms with Gasteiger partial charge in [-0.2, -0.15) is 17.5 Å². The van der Waals surface area contributed by atoms with E-state index in [-0.39, 0.29) is 11.0 Å². The highest BCUT2D eigenvalue weighted by atomic mass is 32.1. The minimum atomic E-state index is -4.43. The molecule has 0 radical (unpaired) electrons. The number of alkyl halides is 3. The summed E-state index contributed by atoms with van der Waals surface area (Å²) in [5.74, 6) is -0.0393. The molecule has 0 amide bonds. The van der Waals surface area contributed by atoms with Crippen molar-refractivity contribution in [1.82, 2.24) is 13.7 Å². The molecule has 0 unspecified atom stereocenters. The molecule has 0 spiro atoms. The van der Waals surface area contributed by atoms with Crippen LogP contribution in [0.25, 0.3) is 0 Å². The minimum absolute atomic E-state index is 0.0393. The van der Waals surface area contributed by atoms with Crippen LogP contribution in [0, 0.1) is 0 Å². The number of anilines is 2. The number of nitrogens with one attached hydrogen (secondary N) is 1. The molecule has 0 aliphatic rings. The van der Waals surface area contributed by atoms with E-state index in [4.69, 9.17) is 0 Å². The van der Waals surface area contributed by atoms with Gasteiger partial charge < -0.3 is 10.4 Å². The first-order valence-electron chi connectivity index (χ1n) is 6.81. The van der Waals surface area contributed by atoms with Crippen LogP contribution in [0.15, 0.2) is 29.6 Å². The number of hydrogen-bond acceptors (Lipinski definition) is 7. The van der Waals surface area contributed by atoms with E-state index in [1.54, 1.807) is 12.1 Å². The smallest absolute Gasteiger partial charge is 0.434 e. The quantitative estimate of drug-likeness (QED) is 0.701. The summed E-state index contributed by atoms with van der Waals surface area (Å²) >= 11 is 1.86. The van der Waals surface area contributed by atoms with E-state index >= 15 is 0 Å². The second-order valence-corrected chi connectivity index (χ2v) is 6.28. The fourth-order valence-electron chi connectivity index (χ4n) is 1.96. The van der Waals surface area contributed by atoms with Crippen molar-refractivity contribution in [3.8, 4) is 5.88 Å². The molecular weight excluding hydrogens is 361 g/mol. The standard InChI is InChI=1S/C14H11F3N4OS2/c15-14(16,17)11-7-23-13(19-11)18-9-4-1-8(2-5-9)3-6-10-12(22)21-24-20-10/h1-2,4-5,7H,3,6H2,(H,18,19)(H,21,22). The van der Waals surface area contributed by atoms with Crippen LogP contribution in [0.3, 0.4) is 0 Å². The van der Waals surface area contributed by atoms with Crippen LogP contribution in [0.4, 0.5) is 24.0 Å². The van der Waals surface area contributed by atoms with Gasteiger partial charge in [-0.05, 0) is 24.1 Å². The maximum atomic E-state index is 12.5. The fourth-order valence-corrected chi connectivity index (χ4v) is 3.19. The number of hydrogen-bond donors (Lipinski definition) is 2. The number of aryl methyl sites for hydroxylation is 2. The molecule has 126 valence electrons. The number of halogens is 3. The predicted molar refractivity (Wildman–Crippen MR) is 85.8 cm³/mol. The van der Waals surface area contributed by atoms with Crippen molar-refractivity contribution >= 4 is 33.9 Å². The number of aromatic hydroxyl groups is 1. The molecule has 10 heteroatoms. The molecule has 0 aliphatic carbocycles. The van der Waals surface area contributed by atoms with Gasteiger partial charge in [0.25, 0.3) is 0 Å². The zero-order valence-corrected chi connectivity index (χ0v) is 13.7. The van der Waals surface area contributed by atoms with Crippen LogP contribution in [0.1, 0.15) is 17.0 Å². The van der Waals surface area contributed by atoms with E-state index in [0.29, 0.717) is 24.2 Å². The summed E-state index contributed by atoms with van der Waals surface area (Å²) in [5, 5.41) is 13.5. The highest BCUT2D eigenvalue weighted by Gasteiger charge is 2.33.